The minimum absolute atomic E-state index is 0. The highest BCUT2D eigenvalue weighted by molar-refractivity contribution is 5.85. The number of hydrogen-bond acceptors (Lipinski definition) is 3. The van der Waals surface area contributed by atoms with Gasteiger partial charge in [-0.05, 0) is 26.8 Å². The first kappa shape index (κ1) is 13.7. The molecule has 4 nitrogen and oxygen atoms in total. The Morgan fingerprint density at radius 1 is 1.31 bits per heavy atom. The first-order valence-electron chi connectivity index (χ1n) is 5.82. The lowest BCUT2D eigenvalue weighted by molar-refractivity contribution is -0.146. The molecule has 1 unspecified atom stereocenters. The fourth-order valence-corrected chi connectivity index (χ4v) is 2.48. The van der Waals surface area contributed by atoms with E-state index >= 15 is 0 Å². The topological polar surface area (TPSA) is 41.6 Å². The SMILES string of the molecule is C[C@@H]1CN(C(=O)C2CCNC2)C[C@H](C)O1.Cl. The molecule has 2 heterocycles. The molecule has 0 aromatic rings. The summed E-state index contributed by atoms with van der Waals surface area (Å²) in [7, 11) is 0. The number of nitrogens with one attached hydrogen (secondary N) is 1. The van der Waals surface area contributed by atoms with Crippen LogP contribution in [0.4, 0.5) is 0 Å². The monoisotopic (exact) mass is 248 g/mol. The number of hydrogen-bond donors (Lipinski definition) is 1. The van der Waals surface area contributed by atoms with Gasteiger partial charge in [0, 0.05) is 19.6 Å². The van der Waals surface area contributed by atoms with Gasteiger partial charge in [0.1, 0.15) is 0 Å². The van der Waals surface area contributed by atoms with Crippen molar-refractivity contribution in [2.24, 2.45) is 5.92 Å². The van der Waals surface area contributed by atoms with Crippen LogP contribution in [0.15, 0.2) is 0 Å². The van der Waals surface area contributed by atoms with E-state index in [0.29, 0.717) is 5.91 Å². The number of nitrogens with zero attached hydrogens (tertiary/aromatic N) is 1. The molecular weight excluding hydrogens is 228 g/mol. The lowest BCUT2D eigenvalue weighted by Gasteiger charge is -2.36. The number of carbonyl (C=O) groups is 1. The van der Waals surface area contributed by atoms with Crippen LogP contribution >= 0.6 is 12.4 Å². The van der Waals surface area contributed by atoms with Crippen LogP contribution in [0, 0.1) is 5.92 Å². The summed E-state index contributed by atoms with van der Waals surface area (Å²) in [6.45, 7) is 7.38. The first-order valence-corrected chi connectivity index (χ1v) is 5.82. The largest absolute Gasteiger partial charge is 0.372 e. The molecule has 1 N–H and O–H groups in total. The van der Waals surface area contributed by atoms with Gasteiger partial charge in [0.25, 0.3) is 0 Å². The lowest BCUT2D eigenvalue weighted by Crippen LogP contribution is -2.50. The van der Waals surface area contributed by atoms with Crippen molar-refractivity contribution in [1.82, 2.24) is 10.2 Å². The zero-order valence-electron chi connectivity index (χ0n) is 9.94. The fraction of sp³-hybridized carbons (Fsp3) is 0.909. The molecule has 2 fully saturated rings. The highest BCUT2D eigenvalue weighted by Gasteiger charge is 2.31. The minimum Gasteiger partial charge on any atom is -0.372 e. The lowest BCUT2D eigenvalue weighted by atomic mass is 10.1. The van der Waals surface area contributed by atoms with E-state index in [4.69, 9.17) is 4.74 Å². The second-order valence-corrected chi connectivity index (χ2v) is 4.69. The summed E-state index contributed by atoms with van der Waals surface area (Å²) in [6, 6.07) is 0. The number of amides is 1. The number of ether oxygens (including phenoxy) is 1. The molecule has 0 spiro atoms. The second kappa shape index (κ2) is 5.84. The highest BCUT2D eigenvalue weighted by atomic mass is 35.5. The molecule has 94 valence electrons. The number of morpholine rings is 1. The molecule has 2 aliphatic heterocycles. The van der Waals surface area contributed by atoms with Crippen LogP contribution in [0.2, 0.25) is 0 Å². The van der Waals surface area contributed by atoms with Crippen LogP contribution < -0.4 is 5.32 Å². The van der Waals surface area contributed by atoms with E-state index in [9.17, 15) is 4.79 Å². The quantitative estimate of drug-likeness (QED) is 0.741. The van der Waals surface area contributed by atoms with E-state index in [1.54, 1.807) is 0 Å². The molecular formula is C11H21ClN2O2. The normalized spacial score (nSPS) is 34.6. The Hall–Kier alpha value is -0.320. The summed E-state index contributed by atoms with van der Waals surface area (Å²) in [5.74, 6) is 0.504. The molecule has 2 rings (SSSR count). The van der Waals surface area contributed by atoms with Gasteiger partial charge in [-0.3, -0.25) is 4.79 Å². The molecule has 0 aromatic carbocycles. The smallest absolute Gasteiger partial charge is 0.227 e. The van der Waals surface area contributed by atoms with Crippen molar-refractivity contribution in [2.45, 2.75) is 32.5 Å². The number of carbonyl (C=O) groups excluding carboxylic acids is 1. The Labute approximate surface area is 103 Å². The average Bonchev–Trinajstić information content (AvgIpc) is 2.67. The third-order valence-electron chi connectivity index (χ3n) is 3.14. The van der Waals surface area contributed by atoms with Gasteiger partial charge in [0.15, 0.2) is 0 Å². The van der Waals surface area contributed by atoms with Crippen LogP contribution in [0.3, 0.4) is 0 Å². The molecule has 3 atom stereocenters. The van der Waals surface area contributed by atoms with Gasteiger partial charge in [-0.2, -0.15) is 0 Å². The van der Waals surface area contributed by atoms with Crippen LogP contribution in [0.25, 0.3) is 0 Å². The Morgan fingerprint density at radius 3 is 2.44 bits per heavy atom. The standard InChI is InChI=1S/C11H20N2O2.ClH/c1-8-6-13(7-9(2)15-8)11(14)10-3-4-12-5-10;/h8-10,12H,3-7H2,1-2H3;1H/t8-,9+,10?;. The van der Waals surface area contributed by atoms with Gasteiger partial charge < -0.3 is 15.0 Å². The molecule has 0 radical (unpaired) electrons. The predicted octanol–water partition coefficient (Wildman–Crippen LogP) is 0.654. The van der Waals surface area contributed by atoms with Crippen LogP contribution in [-0.2, 0) is 9.53 Å². The summed E-state index contributed by atoms with van der Waals surface area (Å²) < 4.78 is 5.62. The molecule has 1 amide bonds. The maximum atomic E-state index is 12.1. The van der Waals surface area contributed by atoms with Gasteiger partial charge >= 0.3 is 0 Å². The zero-order valence-corrected chi connectivity index (χ0v) is 10.8. The van der Waals surface area contributed by atoms with Crippen molar-refractivity contribution in [3.8, 4) is 0 Å². The zero-order chi connectivity index (χ0) is 10.8. The maximum Gasteiger partial charge on any atom is 0.227 e. The second-order valence-electron chi connectivity index (χ2n) is 4.69. The van der Waals surface area contributed by atoms with E-state index in [1.807, 2.05) is 18.7 Å². The van der Waals surface area contributed by atoms with Gasteiger partial charge in [-0.25, -0.2) is 0 Å². The summed E-state index contributed by atoms with van der Waals surface area (Å²) in [5.41, 5.74) is 0. The van der Waals surface area contributed by atoms with Gasteiger partial charge in [0.2, 0.25) is 5.91 Å². The molecule has 5 heteroatoms. The molecule has 0 aromatic heterocycles. The summed E-state index contributed by atoms with van der Waals surface area (Å²) >= 11 is 0. The molecule has 0 bridgehead atoms. The minimum atomic E-state index is 0. The summed E-state index contributed by atoms with van der Waals surface area (Å²) in [5, 5.41) is 3.24. The van der Waals surface area contributed by atoms with Gasteiger partial charge in [-0.1, -0.05) is 0 Å². The predicted molar refractivity (Wildman–Crippen MR) is 64.8 cm³/mol. The average molecular weight is 249 g/mol. The van der Waals surface area contributed by atoms with E-state index in [2.05, 4.69) is 5.32 Å². The van der Waals surface area contributed by atoms with Crippen LogP contribution in [-0.4, -0.2) is 49.2 Å². The number of rotatable bonds is 1. The van der Waals surface area contributed by atoms with Crippen LogP contribution in [0.5, 0.6) is 0 Å². The number of halogens is 1. The van der Waals surface area contributed by atoms with E-state index in [1.165, 1.54) is 0 Å². The summed E-state index contributed by atoms with van der Waals surface area (Å²) in [6.07, 6.45) is 1.33. The van der Waals surface area contributed by atoms with Crippen molar-refractivity contribution in [1.29, 1.82) is 0 Å². The Morgan fingerprint density at radius 2 is 1.94 bits per heavy atom. The molecule has 2 saturated heterocycles. The van der Waals surface area contributed by atoms with E-state index in [0.717, 1.165) is 32.6 Å². The van der Waals surface area contributed by atoms with Crippen molar-refractivity contribution >= 4 is 18.3 Å². The molecule has 2 aliphatic rings. The highest BCUT2D eigenvalue weighted by Crippen LogP contribution is 2.17. The molecule has 0 saturated carbocycles. The summed E-state index contributed by atoms with van der Waals surface area (Å²) in [4.78, 5) is 14.1. The van der Waals surface area contributed by atoms with Crippen molar-refractivity contribution < 1.29 is 9.53 Å². The van der Waals surface area contributed by atoms with Gasteiger partial charge in [0.05, 0.1) is 18.1 Å². The Balaban J connectivity index is 0.00000128. The Bertz CT molecular complexity index is 234. The maximum absolute atomic E-state index is 12.1. The van der Waals surface area contributed by atoms with Gasteiger partial charge in [-0.15, -0.1) is 12.4 Å². The van der Waals surface area contributed by atoms with Crippen molar-refractivity contribution in [3.63, 3.8) is 0 Å². The molecule has 16 heavy (non-hydrogen) atoms. The van der Waals surface area contributed by atoms with E-state index < -0.39 is 0 Å². The Kier molecular flexibility index (Phi) is 5.02. The van der Waals surface area contributed by atoms with E-state index in [-0.39, 0.29) is 30.5 Å². The van der Waals surface area contributed by atoms with Crippen LogP contribution in [0.1, 0.15) is 20.3 Å². The van der Waals surface area contributed by atoms with Crippen molar-refractivity contribution in [2.75, 3.05) is 26.2 Å². The fourth-order valence-electron chi connectivity index (χ4n) is 2.48. The molecule has 0 aliphatic carbocycles. The van der Waals surface area contributed by atoms with Crippen molar-refractivity contribution in [3.05, 3.63) is 0 Å². The third kappa shape index (κ3) is 3.09. The third-order valence-corrected chi connectivity index (χ3v) is 3.14. The first-order chi connectivity index (χ1) is 7.16.